The van der Waals surface area contributed by atoms with Crippen LogP contribution < -0.4 is 4.74 Å². The van der Waals surface area contributed by atoms with Crippen molar-refractivity contribution in [3.63, 3.8) is 0 Å². The van der Waals surface area contributed by atoms with Gasteiger partial charge in [-0.25, -0.2) is 4.79 Å². The summed E-state index contributed by atoms with van der Waals surface area (Å²) in [5.74, 6) is -0.325. The molecule has 0 N–H and O–H groups in total. The lowest BCUT2D eigenvalue weighted by molar-refractivity contribution is -0.150. The molecule has 1 aliphatic rings. The minimum absolute atomic E-state index is 0.185. The Kier molecular flexibility index (Phi) is 8.62. The second kappa shape index (κ2) is 11.0. The third-order valence-electron chi connectivity index (χ3n) is 4.62. The van der Waals surface area contributed by atoms with E-state index in [0.29, 0.717) is 6.61 Å². The highest BCUT2D eigenvalue weighted by Gasteiger charge is 2.41. The van der Waals surface area contributed by atoms with Gasteiger partial charge in [0.2, 0.25) is 0 Å². The molecule has 9 heteroatoms. The monoisotopic (exact) mass is 677 g/mol. The summed E-state index contributed by atoms with van der Waals surface area (Å²) < 4.78 is 12.8. The number of carbonyl (C=O) groups excluding carboxylic acids is 3. The van der Waals surface area contributed by atoms with E-state index >= 15 is 0 Å². The van der Waals surface area contributed by atoms with Gasteiger partial charge in [-0.15, -0.1) is 0 Å². The van der Waals surface area contributed by atoms with Crippen molar-refractivity contribution in [1.82, 2.24) is 4.90 Å². The van der Waals surface area contributed by atoms with Crippen molar-refractivity contribution >= 4 is 80.1 Å². The molecule has 0 unspecified atom stereocenters. The van der Waals surface area contributed by atoms with Crippen LogP contribution in [0.2, 0.25) is 0 Å². The van der Waals surface area contributed by atoms with Gasteiger partial charge in [-0.2, -0.15) is 0 Å². The quantitative estimate of drug-likeness (QED) is 0.211. The highest BCUT2D eigenvalue weighted by Crippen LogP contribution is 2.36. The Hall–Kier alpha value is -1.60. The van der Waals surface area contributed by atoms with Crippen LogP contribution in [0.25, 0.3) is 6.08 Å². The SMILES string of the molecule is CCOC(=O)[C@@H](C)N1C(=O)S/C(=C/c2cc(I)c(OCc3cccc(C)c3)c(I)c2)C1=O. The van der Waals surface area contributed by atoms with Crippen LogP contribution in [-0.2, 0) is 20.9 Å². The molecule has 0 bridgehead atoms. The summed E-state index contributed by atoms with van der Waals surface area (Å²) >= 11 is 5.22. The van der Waals surface area contributed by atoms with Crippen molar-refractivity contribution in [3.05, 3.63) is 65.1 Å². The first-order valence-corrected chi connectivity index (χ1v) is 12.8. The number of nitrogens with zero attached hydrogens (tertiary/aromatic N) is 1. The van der Waals surface area contributed by atoms with Gasteiger partial charge in [0.15, 0.2) is 0 Å². The molecule has 6 nitrogen and oxygen atoms in total. The van der Waals surface area contributed by atoms with Crippen LogP contribution in [0, 0.1) is 14.1 Å². The zero-order chi connectivity index (χ0) is 23.4. The van der Waals surface area contributed by atoms with Gasteiger partial charge in [0, 0.05) is 0 Å². The average molecular weight is 677 g/mol. The van der Waals surface area contributed by atoms with E-state index in [1.165, 1.54) is 12.5 Å². The minimum Gasteiger partial charge on any atom is -0.487 e. The van der Waals surface area contributed by atoms with E-state index in [0.717, 1.165) is 40.7 Å². The fourth-order valence-electron chi connectivity index (χ4n) is 3.09. The first-order chi connectivity index (χ1) is 15.2. The van der Waals surface area contributed by atoms with E-state index in [4.69, 9.17) is 9.47 Å². The van der Waals surface area contributed by atoms with E-state index in [1.807, 2.05) is 37.3 Å². The molecular formula is C23H21I2NO5S. The normalized spacial score (nSPS) is 15.9. The van der Waals surface area contributed by atoms with Gasteiger partial charge >= 0.3 is 5.97 Å². The summed E-state index contributed by atoms with van der Waals surface area (Å²) in [6.07, 6.45) is 1.66. The second-order valence-electron chi connectivity index (χ2n) is 7.07. The number of benzene rings is 2. The molecule has 0 saturated carbocycles. The summed E-state index contributed by atoms with van der Waals surface area (Å²) in [6, 6.07) is 11.0. The van der Waals surface area contributed by atoms with Crippen molar-refractivity contribution < 1.29 is 23.9 Å². The number of amides is 2. The van der Waals surface area contributed by atoms with Gasteiger partial charge in [-0.05, 0) is 107 Å². The minimum atomic E-state index is -0.967. The second-order valence-corrected chi connectivity index (χ2v) is 10.4. The number of hydrogen-bond acceptors (Lipinski definition) is 6. The van der Waals surface area contributed by atoms with Gasteiger partial charge in [0.1, 0.15) is 18.4 Å². The molecule has 1 atom stereocenters. The molecule has 1 saturated heterocycles. The van der Waals surface area contributed by atoms with Gasteiger partial charge < -0.3 is 9.47 Å². The molecule has 0 radical (unpaired) electrons. The van der Waals surface area contributed by atoms with Crippen LogP contribution in [0.4, 0.5) is 4.79 Å². The van der Waals surface area contributed by atoms with Gasteiger partial charge in [-0.1, -0.05) is 29.8 Å². The zero-order valence-corrected chi connectivity index (χ0v) is 22.8. The summed E-state index contributed by atoms with van der Waals surface area (Å²) in [6.45, 7) is 5.85. The van der Waals surface area contributed by atoms with Crippen LogP contribution in [-0.4, -0.2) is 34.7 Å². The van der Waals surface area contributed by atoms with Gasteiger partial charge in [0.25, 0.3) is 11.1 Å². The molecule has 168 valence electrons. The number of esters is 1. The first kappa shape index (κ1) is 25.0. The molecule has 1 heterocycles. The highest BCUT2D eigenvalue weighted by atomic mass is 127. The number of halogens is 2. The Bertz CT molecular complexity index is 1080. The fourth-order valence-corrected chi connectivity index (χ4v) is 6.13. The summed E-state index contributed by atoms with van der Waals surface area (Å²) in [5, 5.41) is -0.482. The summed E-state index contributed by atoms with van der Waals surface area (Å²) in [7, 11) is 0. The number of carbonyl (C=O) groups is 3. The van der Waals surface area contributed by atoms with Crippen LogP contribution in [0.1, 0.15) is 30.5 Å². The molecule has 0 aromatic heterocycles. The predicted octanol–water partition coefficient (Wildman–Crippen LogP) is 5.77. The van der Waals surface area contributed by atoms with E-state index < -0.39 is 23.2 Å². The van der Waals surface area contributed by atoms with Crippen LogP contribution in [0.15, 0.2) is 41.3 Å². The molecule has 1 fully saturated rings. The van der Waals surface area contributed by atoms with Crippen LogP contribution in [0.5, 0.6) is 5.75 Å². The molecule has 3 rings (SSSR count). The number of rotatable bonds is 7. The Labute approximate surface area is 218 Å². The highest BCUT2D eigenvalue weighted by molar-refractivity contribution is 14.1. The predicted molar refractivity (Wildman–Crippen MR) is 141 cm³/mol. The molecule has 2 aromatic carbocycles. The van der Waals surface area contributed by atoms with Crippen LogP contribution >= 0.6 is 56.9 Å². The maximum atomic E-state index is 12.8. The molecule has 2 amide bonds. The lowest BCUT2D eigenvalue weighted by Gasteiger charge is -2.19. The Balaban J connectivity index is 1.78. The Morgan fingerprint density at radius 3 is 2.50 bits per heavy atom. The maximum absolute atomic E-state index is 12.8. The molecule has 1 aliphatic heterocycles. The third-order valence-corrected chi connectivity index (χ3v) is 7.11. The van der Waals surface area contributed by atoms with E-state index in [1.54, 1.807) is 13.0 Å². The maximum Gasteiger partial charge on any atom is 0.329 e. The molecule has 2 aromatic rings. The summed E-state index contributed by atoms with van der Waals surface area (Å²) in [5.41, 5.74) is 3.04. The number of hydrogen-bond donors (Lipinski definition) is 0. The lowest BCUT2D eigenvalue weighted by atomic mass is 10.1. The van der Waals surface area contributed by atoms with E-state index in [2.05, 4.69) is 51.2 Å². The van der Waals surface area contributed by atoms with Crippen molar-refractivity contribution in [2.45, 2.75) is 33.4 Å². The van der Waals surface area contributed by atoms with E-state index in [9.17, 15) is 14.4 Å². The zero-order valence-electron chi connectivity index (χ0n) is 17.7. The first-order valence-electron chi connectivity index (χ1n) is 9.82. The Morgan fingerprint density at radius 2 is 1.88 bits per heavy atom. The van der Waals surface area contributed by atoms with E-state index in [-0.39, 0.29) is 11.5 Å². The van der Waals surface area contributed by atoms with Crippen LogP contribution in [0.3, 0.4) is 0 Å². The smallest absolute Gasteiger partial charge is 0.329 e. The van der Waals surface area contributed by atoms with Crippen molar-refractivity contribution in [3.8, 4) is 5.75 Å². The Morgan fingerprint density at radius 1 is 1.19 bits per heavy atom. The third kappa shape index (κ3) is 5.84. The van der Waals surface area contributed by atoms with Crippen molar-refractivity contribution in [1.29, 1.82) is 0 Å². The number of imide groups is 1. The number of aryl methyl sites for hydroxylation is 1. The van der Waals surface area contributed by atoms with Crippen molar-refractivity contribution in [2.24, 2.45) is 0 Å². The molecule has 0 aliphatic carbocycles. The van der Waals surface area contributed by atoms with Gasteiger partial charge in [-0.3, -0.25) is 14.5 Å². The fraction of sp³-hybridized carbons (Fsp3) is 0.261. The molecule has 0 spiro atoms. The largest absolute Gasteiger partial charge is 0.487 e. The average Bonchev–Trinajstić information content (AvgIpc) is 3.00. The van der Waals surface area contributed by atoms with Gasteiger partial charge in [0.05, 0.1) is 18.7 Å². The molecule has 32 heavy (non-hydrogen) atoms. The summed E-state index contributed by atoms with van der Waals surface area (Å²) in [4.78, 5) is 38.3. The number of ether oxygens (including phenoxy) is 2. The topological polar surface area (TPSA) is 72.9 Å². The lowest BCUT2D eigenvalue weighted by Crippen LogP contribution is -2.42. The number of thioether (sulfide) groups is 1. The van der Waals surface area contributed by atoms with Crippen molar-refractivity contribution in [2.75, 3.05) is 6.61 Å². The standard InChI is InChI=1S/C23H21I2NO5S/c1-4-30-22(28)14(3)26-21(27)19(32-23(26)29)11-16-9-17(24)20(18(25)10-16)31-12-15-7-5-6-13(2)8-15/h5-11,14H,4,12H2,1-3H3/b19-11+/t14-/m1/s1. The molecular weight excluding hydrogens is 656 g/mol.